The van der Waals surface area contributed by atoms with Gasteiger partial charge < -0.3 is 10.2 Å². The number of nitrogens with one attached hydrogen (secondary N) is 3. The van der Waals surface area contributed by atoms with Crippen LogP contribution in [-0.4, -0.2) is 29.6 Å². The fourth-order valence-electron chi connectivity index (χ4n) is 3.46. The van der Waals surface area contributed by atoms with Crippen molar-refractivity contribution in [2.75, 3.05) is 17.2 Å². The van der Waals surface area contributed by atoms with Crippen molar-refractivity contribution in [2.45, 2.75) is 24.4 Å². The Hall–Kier alpha value is -2.35. The number of benzene rings is 2. The van der Waals surface area contributed by atoms with Gasteiger partial charge in [0.05, 0.1) is 5.75 Å². The SMILES string of the molecule is O=C1NC(SCC(=O)N2CCCc3ccccc32)NNC1c1ccccc1. The number of carbonyl (C=O) groups excluding carboxylic acids is 2. The Bertz CT molecular complexity index is 830. The summed E-state index contributed by atoms with van der Waals surface area (Å²) >= 11 is 1.38. The molecule has 0 aliphatic carbocycles. The lowest BCUT2D eigenvalue weighted by atomic mass is 10.0. The fourth-order valence-corrected chi connectivity index (χ4v) is 4.28. The van der Waals surface area contributed by atoms with Crippen LogP contribution in [0.5, 0.6) is 0 Å². The molecule has 2 atom stereocenters. The minimum atomic E-state index is -0.437. The van der Waals surface area contributed by atoms with Crippen LogP contribution in [0.1, 0.15) is 23.6 Å². The summed E-state index contributed by atoms with van der Waals surface area (Å²) in [7, 11) is 0. The summed E-state index contributed by atoms with van der Waals surface area (Å²) in [6, 6.07) is 17.2. The first kappa shape index (κ1) is 18.0. The maximum atomic E-state index is 12.7. The van der Waals surface area contributed by atoms with Crippen LogP contribution in [-0.2, 0) is 16.0 Å². The molecule has 3 N–H and O–H groups in total. The standard InChI is InChI=1S/C20H22N4O2S/c25-17(24-12-6-10-14-7-4-5-11-16(14)24)13-27-20-21-19(26)18(22-23-20)15-8-2-1-3-9-15/h1-5,7-9,11,18,20,22-23H,6,10,12-13H2,(H,21,26). The topological polar surface area (TPSA) is 73.5 Å². The molecule has 0 radical (unpaired) electrons. The van der Waals surface area contributed by atoms with Gasteiger partial charge in [-0.1, -0.05) is 48.5 Å². The second-order valence-corrected chi connectivity index (χ2v) is 7.70. The van der Waals surface area contributed by atoms with Crippen molar-refractivity contribution in [1.82, 2.24) is 16.2 Å². The molecule has 2 aliphatic rings. The number of fused-ring (bicyclic) bond motifs is 1. The molecule has 0 aromatic heterocycles. The Kier molecular flexibility index (Phi) is 5.42. The van der Waals surface area contributed by atoms with Gasteiger partial charge in [0.2, 0.25) is 11.8 Å². The number of aryl methyl sites for hydroxylation is 1. The normalized spacial score (nSPS) is 22.1. The van der Waals surface area contributed by atoms with Crippen LogP contribution in [0, 0.1) is 0 Å². The molecule has 7 heteroatoms. The van der Waals surface area contributed by atoms with Gasteiger partial charge in [0.1, 0.15) is 11.5 Å². The van der Waals surface area contributed by atoms with E-state index in [4.69, 9.17) is 0 Å². The number of rotatable bonds is 4. The van der Waals surface area contributed by atoms with Gasteiger partial charge >= 0.3 is 0 Å². The van der Waals surface area contributed by atoms with Gasteiger partial charge in [-0.2, -0.15) is 0 Å². The Morgan fingerprint density at radius 3 is 2.67 bits per heavy atom. The minimum absolute atomic E-state index is 0.0633. The summed E-state index contributed by atoms with van der Waals surface area (Å²) in [5, 5.41) is 2.92. The molecule has 2 aromatic rings. The predicted octanol–water partition coefficient (Wildman–Crippen LogP) is 1.95. The Labute approximate surface area is 162 Å². The number of hydrazine groups is 1. The van der Waals surface area contributed by atoms with E-state index in [9.17, 15) is 9.59 Å². The molecule has 0 spiro atoms. The maximum absolute atomic E-state index is 12.7. The Balaban J connectivity index is 1.33. The second kappa shape index (κ2) is 8.12. The van der Waals surface area contributed by atoms with E-state index < -0.39 is 6.04 Å². The maximum Gasteiger partial charge on any atom is 0.244 e. The summed E-state index contributed by atoms with van der Waals surface area (Å²) in [6.45, 7) is 0.745. The van der Waals surface area contributed by atoms with Crippen molar-refractivity contribution in [2.24, 2.45) is 0 Å². The van der Waals surface area contributed by atoms with Crippen molar-refractivity contribution >= 4 is 29.3 Å². The molecule has 0 saturated carbocycles. The lowest BCUT2D eigenvalue weighted by Gasteiger charge is -2.32. The zero-order valence-electron chi connectivity index (χ0n) is 14.9. The van der Waals surface area contributed by atoms with Crippen molar-refractivity contribution in [3.8, 4) is 0 Å². The Morgan fingerprint density at radius 2 is 1.85 bits per heavy atom. The van der Waals surface area contributed by atoms with E-state index in [-0.39, 0.29) is 17.3 Å². The number of anilines is 1. The molecule has 0 bridgehead atoms. The van der Waals surface area contributed by atoms with Gasteiger partial charge in [-0.05, 0) is 30.0 Å². The lowest BCUT2D eigenvalue weighted by Crippen LogP contribution is -2.60. The van der Waals surface area contributed by atoms with Crippen LogP contribution in [0.3, 0.4) is 0 Å². The molecule has 6 nitrogen and oxygen atoms in total. The Morgan fingerprint density at radius 1 is 1.07 bits per heavy atom. The number of para-hydroxylation sites is 1. The van der Waals surface area contributed by atoms with Gasteiger partial charge in [-0.3, -0.25) is 9.59 Å². The third kappa shape index (κ3) is 4.00. The van der Waals surface area contributed by atoms with E-state index in [1.807, 2.05) is 53.4 Å². The van der Waals surface area contributed by atoms with Crippen LogP contribution in [0.4, 0.5) is 5.69 Å². The van der Waals surface area contributed by atoms with E-state index in [0.717, 1.165) is 30.6 Å². The smallest absolute Gasteiger partial charge is 0.244 e. The molecule has 27 heavy (non-hydrogen) atoms. The highest BCUT2D eigenvalue weighted by molar-refractivity contribution is 8.00. The summed E-state index contributed by atoms with van der Waals surface area (Å²) in [6.07, 6.45) is 1.99. The molecule has 1 fully saturated rings. The first-order valence-corrected chi connectivity index (χ1v) is 10.1. The van der Waals surface area contributed by atoms with Crippen molar-refractivity contribution < 1.29 is 9.59 Å². The zero-order valence-corrected chi connectivity index (χ0v) is 15.7. The van der Waals surface area contributed by atoms with Gasteiger partial charge in [-0.25, -0.2) is 10.9 Å². The molecule has 2 aromatic carbocycles. The third-order valence-electron chi connectivity index (χ3n) is 4.81. The summed E-state index contributed by atoms with van der Waals surface area (Å²) in [5.74, 6) is 0.255. The summed E-state index contributed by atoms with van der Waals surface area (Å²) < 4.78 is 0. The highest BCUT2D eigenvalue weighted by Gasteiger charge is 2.29. The highest BCUT2D eigenvalue weighted by atomic mass is 32.2. The zero-order chi connectivity index (χ0) is 18.6. The molecular formula is C20H22N4O2S. The third-order valence-corrected chi connectivity index (χ3v) is 5.79. The van der Waals surface area contributed by atoms with Crippen molar-refractivity contribution in [3.63, 3.8) is 0 Å². The number of hydrogen-bond acceptors (Lipinski definition) is 5. The fraction of sp³-hybridized carbons (Fsp3) is 0.300. The van der Waals surface area contributed by atoms with E-state index >= 15 is 0 Å². The van der Waals surface area contributed by atoms with Gasteiger partial charge in [0, 0.05) is 12.2 Å². The van der Waals surface area contributed by atoms with Crippen LogP contribution < -0.4 is 21.1 Å². The van der Waals surface area contributed by atoms with Gasteiger partial charge in [-0.15, -0.1) is 11.8 Å². The van der Waals surface area contributed by atoms with Gasteiger partial charge in [0.25, 0.3) is 0 Å². The second-order valence-electron chi connectivity index (χ2n) is 6.61. The number of carbonyl (C=O) groups is 2. The quantitative estimate of drug-likeness (QED) is 0.754. The van der Waals surface area contributed by atoms with E-state index in [0.29, 0.717) is 5.75 Å². The van der Waals surface area contributed by atoms with Crippen LogP contribution >= 0.6 is 11.8 Å². The monoisotopic (exact) mass is 382 g/mol. The number of nitrogens with zero attached hydrogens (tertiary/aromatic N) is 1. The first-order valence-electron chi connectivity index (χ1n) is 9.08. The molecular weight excluding hydrogens is 360 g/mol. The summed E-state index contributed by atoms with van der Waals surface area (Å²) in [4.78, 5) is 27.0. The molecule has 2 amide bonds. The average Bonchev–Trinajstić information content (AvgIpc) is 2.72. The molecule has 2 aliphatic heterocycles. The van der Waals surface area contributed by atoms with E-state index in [1.54, 1.807) is 0 Å². The average molecular weight is 382 g/mol. The number of amides is 2. The van der Waals surface area contributed by atoms with E-state index in [2.05, 4.69) is 22.2 Å². The molecule has 2 heterocycles. The van der Waals surface area contributed by atoms with Crippen LogP contribution in [0.25, 0.3) is 0 Å². The van der Waals surface area contributed by atoms with Crippen LogP contribution in [0.15, 0.2) is 54.6 Å². The number of thioether (sulfide) groups is 1. The van der Waals surface area contributed by atoms with Gasteiger partial charge in [0.15, 0.2) is 0 Å². The predicted molar refractivity (Wildman–Crippen MR) is 107 cm³/mol. The minimum Gasteiger partial charge on any atom is -0.329 e. The largest absolute Gasteiger partial charge is 0.329 e. The highest BCUT2D eigenvalue weighted by Crippen LogP contribution is 2.27. The van der Waals surface area contributed by atoms with Crippen molar-refractivity contribution in [3.05, 3.63) is 65.7 Å². The lowest BCUT2D eigenvalue weighted by molar-refractivity contribution is -0.126. The van der Waals surface area contributed by atoms with Crippen molar-refractivity contribution in [1.29, 1.82) is 0 Å². The first-order chi connectivity index (χ1) is 13.2. The van der Waals surface area contributed by atoms with Crippen LogP contribution in [0.2, 0.25) is 0 Å². The molecule has 2 unspecified atom stereocenters. The van der Waals surface area contributed by atoms with E-state index in [1.165, 1.54) is 17.3 Å². The molecule has 1 saturated heterocycles. The number of hydrogen-bond donors (Lipinski definition) is 3. The molecule has 4 rings (SSSR count). The summed E-state index contributed by atoms with van der Waals surface area (Å²) in [5.41, 5.74) is 8.91. The molecule has 140 valence electrons.